The molecule has 1 N–H and O–H groups in total. The minimum Gasteiger partial charge on any atom is -0.473 e. The van der Waals surface area contributed by atoms with Crippen molar-refractivity contribution in [3.63, 3.8) is 0 Å². The zero-order valence-electron chi connectivity index (χ0n) is 18.6. The van der Waals surface area contributed by atoms with Crippen LogP contribution >= 0.6 is 11.8 Å². The third-order valence-electron chi connectivity index (χ3n) is 7.23. The van der Waals surface area contributed by atoms with Gasteiger partial charge in [-0.25, -0.2) is 0 Å². The Hall–Kier alpha value is -1.99. The SMILES string of the molecule is O=C(NC1CCC2CCCC1C2)c1onc(OCCN2CCCC2)c1Sc1ccccc1. The number of hydrogen-bond acceptors (Lipinski definition) is 6. The average molecular weight is 456 g/mol. The molecule has 1 aromatic heterocycles. The zero-order valence-corrected chi connectivity index (χ0v) is 19.4. The van der Waals surface area contributed by atoms with Crippen molar-refractivity contribution < 1.29 is 14.1 Å². The number of fused-ring (bicyclic) bond motifs is 2. The smallest absolute Gasteiger partial charge is 0.291 e. The van der Waals surface area contributed by atoms with Gasteiger partial charge in [-0.2, -0.15) is 0 Å². The highest BCUT2D eigenvalue weighted by Crippen LogP contribution is 2.41. The second-order valence-electron chi connectivity index (χ2n) is 9.41. The van der Waals surface area contributed by atoms with Crippen molar-refractivity contribution in [2.24, 2.45) is 11.8 Å². The number of rotatable bonds is 8. The van der Waals surface area contributed by atoms with Gasteiger partial charge in [0.05, 0.1) is 0 Å². The largest absolute Gasteiger partial charge is 0.473 e. The lowest BCUT2D eigenvalue weighted by atomic mass is 9.70. The van der Waals surface area contributed by atoms with Gasteiger partial charge in [0, 0.05) is 17.5 Å². The van der Waals surface area contributed by atoms with Gasteiger partial charge < -0.3 is 14.6 Å². The Bertz CT molecular complexity index is 897. The van der Waals surface area contributed by atoms with Crippen molar-refractivity contribution in [3.05, 3.63) is 36.1 Å². The number of benzene rings is 1. The Morgan fingerprint density at radius 1 is 1.12 bits per heavy atom. The molecule has 1 amide bonds. The monoisotopic (exact) mass is 455 g/mol. The van der Waals surface area contributed by atoms with Gasteiger partial charge in [0.2, 0.25) is 5.76 Å². The van der Waals surface area contributed by atoms with E-state index in [9.17, 15) is 4.79 Å². The summed E-state index contributed by atoms with van der Waals surface area (Å²) in [5, 5.41) is 7.44. The van der Waals surface area contributed by atoms with Crippen molar-refractivity contribution in [1.82, 2.24) is 15.4 Å². The summed E-state index contributed by atoms with van der Waals surface area (Å²) < 4.78 is 11.6. The van der Waals surface area contributed by atoms with Crippen LogP contribution in [0.5, 0.6) is 5.88 Å². The number of amides is 1. The van der Waals surface area contributed by atoms with Gasteiger partial charge in [0.1, 0.15) is 11.5 Å². The topological polar surface area (TPSA) is 67.6 Å². The van der Waals surface area contributed by atoms with Crippen molar-refractivity contribution in [1.29, 1.82) is 0 Å². The van der Waals surface area contributed by atoms with Gasteiger partial charge in [0.15, 0.2) is 0 Å². The quantitative estimate of drug-likeness (QED) is 0.604. The molecule has 2 aromatic rings. The molecule has 1 aliphatic heterocycles. The Balaban J connectivity index is 1.29. The summed E-state index contributed by atoms with van der Waals surface area (Å²) in [6, 6.07) is 10.3. The summed E-state index contributed by atoms with van der Waals surface area (Å²) in [7, 11) is 0. The molecule has 3 fully saturated rings. The molecule has 1 aromatic carbocycles. The maximum atomic E-state index is 13.3. The van der Waals surface area contributed by atoms with E-state index in [1.165, 1.54) is 56.7 Å². The molecule has 0 radical (unpaired) electrons. The van der Waals surface area contributed by atoms with E-state index in [2.05, 4.69) is 15.4 Å². The van der Waals surface area contributed by atoms with E-state index in [-0.39, 0.29) is 17.7 Å². The van der Waals surface area contributed by atoms with Crippen LogP contribution in [0.25, 0.3) is 0 Å². The average Bonchev–Trinajstić information content (AvgIpc) is 3.47. The number of carbonyl (C=O) groups is 1. The number of ether oxygens (including phenoxy) is 1. The van der Waals surface area contributed by atoms with Gasteiger partial charge in [-0.3, -0.25) is 9.69 Å². The Labute approximate surface area is 194 Å². The van der Waals surface area contributed by atoms with Crippen molar-refractivity contribution in [2.45, 2.75) is 67.2 Å². The van der Waals surface area contributed by atoms with Crippen LogP contribution in [0.4, 0.5) is 0 Å². The van der Waals surface area contributed by atoms with Gasteiger partial charge in [-0.05, 0) is 80.7 Å². The van der Waals surface area contributed by atoms with E-state index in [1.54, 1.807) is 0 Å². The maximum Gasteiger partial charge on any atom is 0.291 e. The first-order valence-corrected chi connectivity index (χ1v) is 13.0. The number of carbonyl (C=O) groups excluding carboxylic acids is 1. The molecule has 3 aliphatic rings. The van der Waals surface area contributed by atoms with Crippen LogP contribution in [-0.4, -0.2) is 48.2 Å². The normalized spacial score (nSPS) is 25.6. The first-order chi connectivity index (χ1) is 15.8. The number of aromatic nitrogens is 1. The molecule has 2 saturated carbocycles. The predicted molar refractivity (Wildman–Crippen MR) is 124 cm³/mol. The second kappa shape index (κ2) is 10.3. The minimum atomic E-state index is -0.167. The Morgan fingerprint density at radius 3 is 2.81 bits per heavy atom. The fourth-order valence-electron chi connectivity index (χ4n) is 5.51. The van der Waals surface area contributed by atoms with E-state index in [1.807, 2.05) is 30.3 Å². The van der Waals surface area contributed by atoms with Crippen molar-refractivity contribution in [2.75, 3.05) is 26.2 Å². The zero-order chi connectivity index (χ0) is 21.8. The molecule has 7 heteroatoms. The third-order valence-corrected chi connectivity index (χ3v) is 8.30. The third kappa shape index (κ3) is 5.15. The number of hydrogen-bond donors (Lipinski definition) is 1. The number of nitrogens with one attached hydrogen (secondary N) is 1. The summed E-state index contributed by atoms with van der Waals surface area (Å²) in [6.07, 6.45) is 9.90. The fraction of sp³-hybridized carbons (Fsp3) is 0.600. The fourth-order valence-corrected chi connectivity index (χ4v) is 6.45. The first kappa shape index (κ1) is 21.8. The molecule has 2 heterocycles. The molecule has 6 nitrogen and oxygen atoms in total. The summed E-state index contributed by atoms with van der Waals surface area (Å²) in [5.74, 6) is 1.97. The molecule has 5 rings (SSSR count). The van der Waals surface area contributed by atoms with E-state index >= 15 is 0 Å². The molecule has 3 unspecified atom stereocenters. The van der Waals surface area contributed by atoms with Gasteiger partial charge in [-0.1, -0.05) is 42.8 Å². The molecule has 0 spiro atoms. The highest BCUT2D eigenvalue weighted by atomic mass is 32.2. The first-order valence-electron chi connectivity index (χ1n) is 12.1. The summed E-state index contributed by atoms with van der Waals surface area (Å²) >= 11 is 1.48. The highest BCUT2D eigenvalue weighted by molar-refractivity contribution is 7.99. The van der Waals surface area contributed by atoms with Gasteiger partial charge in [0.25, 0.3) is 11.8 Å². The lowest BCUT2D eigenvalue weighted by Crippen LogP contribution is -2.45. The van der Waals surface area contributed by atoms with E-state index in [0.29, 0.717) is 23.3 Å². The molecular formula is C25H33N3O3S. The molecule has 3 atom stereocenters. The van der Waals surface area contributed by atoms with Crippen LogP contribution in [0.1, 0.15) is 61.9 Å². The maximum absolute atomic E-state index is 13.3. The van der Waals surface area contributed by atoms with Gasteiger partial charge in [-0.15, -0.1) is 0 Å². The van der Waals surface area contributed by atoms with Crippen LogP contribution in [0, 0.1) is 11.8 Å². The van der Waals surface area contributed by atoms with Crippen LogP contribution in [0.15, 0.2) is 44.6 Å². The predicted octanol–water partition coefficient (Wildman–Crippen LogP) is 5.00. The van der Waals surface area contributed by atoms with E-state index < -0.39 is 0 Å². The van der Waals surface area contributed by atoms with Crippen molar-refractivity contribution >= 4 is 17.7 Å². The van der Waals surface area contributed by atoms with Crippen LogP contribution in [0.3, 0.4) is 0 Å². The summed E-state index contributed by atoms with van der Waals surface area (Å²) in [5.41, 5.74) is 0. The minimum absolute atomic E-state index is 0.167. The van der Waals surface area contributed by atoms with E-state index in [0.717, 1.165) is 36.9 Å². The highest BCUT2D eigenvalue weighted by Gasteiger charge is 2.35. The number of likely N-dealkylation sites (tertiary alicyclic amines) is 1. The molecule has 1 saturated heterocycles. The van der Waals surface area contributed by atoms with Crippen LogP contribution < -0.4 is 10.1 Å². The second-order valence-corrected chi connectivity index (χ2v) is 10.5. The number of nitrogens with zero attached hydrogens (tertiary/aromatic N) is 2. The Kier molecular flexibility index (Phi) is 7.03. The standard InChI is InChI=1S/C25H33N3O3S/c29-24(26-21-12-11-18-7-6-8-19(21)17-18)22-23(32-20-9-2-1-3-10-20)25(27-31-22)30-16-15-28-13-4-5-14-28/h1-3,9-10,18-19,21H,4-8,11-17H2,(H,26,29). The van der Waals surface area contributed by atoms with Crippen LogP contribution in [-0.2, 0) is 0 Å². The molecular weight excluding hydrogens is 422 g/mol. The summed E-state index contributed by atoms with van der Waals surface area (Å²) in [6.45, 7) is 3.67. The van der Waals surface area contributed by atoms with E-state index in [4.69, 9.17) is 9.26 Å². The molecule has 2 aliphatic carbocycles. The Morgan fingerprint density at radius 2 is 1.97 bits per heavy atom. The van der Waals surface area contributed by atoms with Gasteiger partial charge >= 0.3 is 0 Å². The molecule has 172 valence electrons. The summed E-state index contributed by atoms with van der Waals surface area (Å²) in [4.78, 5) is 17.4. The molecule has 2 bridgehead atoms. The van der Waals surface area contributed by atoms with Crippen molar-refractivity contribution in [3.8, 4) is 5.88 Å². The van der Waals surface area contributed by atoms with Crippen LogP contribution in [0.2, 0.25) is 0 Å². The lowest BCUT2D eigenvalue weighted by Gasteiger charge is -2.40. The molecule has 32 heavy (non-hydrogen) atoms. The lowest BCUT2D eigenvalue weighted by molar-refractivity contribution is 0.0811.